The molecule has 1 aliphatic heterocycles. The highest BCUT2D eigenvalue weighted by atomic mass is 35.5. The Morgan fingerprint density at radius 1 is 0.960 bits per heavy atom. The molecule has 1 atom stereocenters. The fraction of sp³-hybridized carbons (Fsp3) is 0.429. The molecule has 1 N–H and O–H groups in total. The van der Waals surface area contributed by atoms with Crippen molar-refractivity contribution in [3.8, 4) is 11.1 Å². The van der Waals surface area contributed by atoms with E-state index in [0.717, 1.165) is 19.5 Å². The van der Waals surface area contributed by atoms with Crippen LogP contribution in [0.5, 0.6) is 0 Å². The van der Waals surface area contributed by atoms with Crippen LogP contribution in [0.25, 0.3) is 11.1 Å². The molecule has 0 saturated carbocycles. The zero-order valence-electron chi connectivity index (χ0n) is 14.8. The molecule has 2 nitrogen and oxygen atoms in total. The van der Waals surface area contributed by atoms with Crippen molar-refractivity contribution < 1.29 is 0 Å². The molecule has 0 spiro atoms. The summed E-state index contributed by atoms with van der Waals surface area (Å²) in [4.78, 5) is 2.67. The summed E-state index contributed by atoms with van der Waals surface area (Å²) in [5.74, 6) is 0. The van der Waals surface area contributed by atoms with Gasteiger partial charge < -0.3 is 5.32 Å². The number of nitrogens with zero attached hydrogens (tertiary/aromatic N) is 1. The quantitative estimate of drug-likeness (QED) is 0.697. The number of halogens is 2. The van der Waals surface area contributed by atoms with Crippen LogP contribution in [0.4, 0.5) is 0 Å². The normalized spacial score (nSPS) is 17.0. The first kappa shape index (κ1) is 20.3. The largest absolute Gasteiger partial charge is 0.314 e. The SMILES string of the molecule is CCC[C@@H](c1ccc2c(c1)Cc1ccccc1-2)N1CCNCC1.Cl.Cl. The number of hydrogen-bond donors (Lipinski definition) is 1. The molecule has 1 heterocycles. The number of nitrogens with one attached hydrogen (secondary N) is 1. The van der Waals surface area contributed by atoms with Gasteiger partial charge in [-0.2, -0.15) is 0 Å². The molecular formula is C21H28Cl2N2. The van der Waals surface area contributed by atoms with Gasteiger partial charge in [-0.25, -0.2) is 0 Å². The molecule has 1 fully saturated rings. The summed E-state index contributed by atoms with van der Waals surface area (Å²) in [6, 6.07) is 16.7. The fourth-order valence-corrected chi connectivity index (χ4v) is 4.20. The minimum atomic E-state index is 0. The maximum Gasteiger partial charge on any atom is 0.0349 e. The molecular weight excluding hydrogens is 351 g/mol. The second kappa shape index (κ2) is 9.05. The van der Waals surface area contributed by atoms with Crippen LogP contribution in [-0.2, 0) is 6.42 Å². The summed E-state index contributed by atoms with van der Waals surface area (Å²) in [7, 11) is 0. The summed E-state index contributed by atoms with van der Waals surface area (Å²) >= 11 is 0. The Bertz CT molecular complexity index is 696. The highest BCUT2D eigenvalue weighted by Gasteiger charge is 2.24. The van der Waals surface area contributed by atoms with Gasteiger partial charge in [0, 0.05) is 32.2 Å². The van der Waals surface area contributed by atoms with E-state index in [4.69, 9.17) is 0 Å². The third-order valence-corrected chi connectivity index (χ3v) is 5.36. The van der Waals surface area contributed by atoms with E-state index in [1.165, 1.54) is 53.7 Å². The smallest absolute Gasteiger partial charge is 0.0349 e. The maximum absolute atomic E-state index is 3.48. The van der Waals surface area contributed by atoms with Crippen LogP contribution in [0.15, 0.2) is 42.5 Å². The second-order valence-corrected chi connectivity index (χ2v) is 6.84. The van der Waals surface area contributed by atoms with E-state index in [0.29, 0.717) is 6.04 Å². The molecule has 1 aliphatic carbocycles. The Labute approximate surface area is 163 Å². The van der Waals surface area contributed by atoms with Gasteiger partial charge in [0.1, 0.15) is 0 Å². The van der Waals surface area contributed by atoms with E-state index in [1.807, 2.05) is 0 Å². The van der Waals surface area contributed by atoms with Crippen molar-refractivity contribution in [2.75, 3.05) is 26.2 Å². The van der Waals surface area contributed by atoms with Crippen LogP contribution in [0.2, 0.25) is 0 Å². The van der Waals surface area contributed by atoms with Gasteiger partial charge in [0.25, 0.3) is 0 Å². The van der Waals surface area contributed by atoms with E-state index in [2.05, 4.69) is 59.6 Å². The van der Waals surface area contributed by atoms with Crippen molar-refractivity contribution in [2.45, 2.75) is 32.2 Å². The Morgan fingerprint density at radius 2 is 1.68 bits per heavy atom. The van der Waals surface area contributed by atoms with Crippen molar-refractivity contribution in [1.82, 2.24) is 10.2 Å². The fourth-order valence-electron chi connectivity index (χ4n) is 4.20. The van der Waals surface area contributed by atoms with Crippen molar-refractivity contribution in [2.24, 2.45) is 0 Å². The topological polar surface area (TPSA) is 15.3 Å². The van der Waals surface area contributed by atoms with Gasteiger partial charge in [-0.15, -0.1) is 24.8 Å². The standard InChI is InChI=1S/C21H26N2.2ClH/c1-2-5-21(23-12-10-22-11-13-23)17-8-9-20-18(15-17)14-16-6-3-4-7-19(16)20;;/h3-4,6-9,15,21-22H,2,5,10-14H2,1H3;2*1H/t21-;;/m0../s1. The summed E-state index contributed by atoms with van der Waals surface area (Å²) in [5, 5.41) is 3.48. The zero-order chi connectivity index (χ0) is 15.6. The van der Waals surface area contributed by atoms with Crippen molar-refractivity contribution in [3.63, 3.8) is 0 Å². The number of fused-ring (bicyclic) bond motifs is 3. The Hall–Kier alpha value is -1.06. The minimum absolute atomic E-state index is 0. The molecule has 0 bridgehead atoms. The van der Waals surface area contributed by atoms with E-state index in [-0.39, 0.29) is 24.8 Å². The lowest BCUT2D eigenvalue weighted by atomic mass is 9.95. The number of rotatable bonds is 4. The second-order valence-electron chi connectivity index (χ2n) is 6.84. The van der Waals surface area contributed by atoms with Crippen LogP contribution in [0, 0.1) is 0 Å². The molecule has 2 aliphatic rings. The predicted octanol–water partition coefficient (Wildman–Crippen LogP) is 4.85. The van der Waals surface area contributed by atoms with Gasteiger partial charge in [0.2, 0.25) is 0 Å². The molecule has 2 aromatic carbocycles. The predicted molar refractivity (Wildman–Crippen MR) is 111 cm³/mol. The van der Waals surface area contributed by atoms with E-state index < -0.39 is 0 Å². The highest BCUT2D eigenvalue weighted by molar-refractivity contribution is 5.85. The molecule has 0 amide bonds. The summed E-state index contributed by atoms with van der Waals surface area (Å²) < 4.78 is 0. The lowest BCUT2D eigenvalue weighted by Gasteiger charge is -2.35. The van der Waals surface area contributed by atoms with Crippen LogP contribution in [-0.4, -0.2) is 31.1 Å². The van der Waals surface area contributed by atoms with Crippen LogP contribution < -0.4 is 5.32 Å². The van der Waals surface area contributed by atoms with Crippen LogP contribution in [0.1, 0.15) is 42.5 Å². The molecule has 0 radical (unpaired) electrons. The third kappa shape index (κ3) is 4.03. The molecule has 4 heteroatoms. The summed E-state index contributed by atoms with van der Waals surface area (Å²) in [6.07, 6.45) is 3.59. The average Bonchev–Trinajstić information content (AvgIpc) is 2.98. The Kier molecular flexibility index (Phi) is 7.33. The van der Waals surface area contributed by atoms with Gasteiger partial charge in [-0.05, 0) is 40.7 Å². The zero-order valence-corrected chi connectivity index (χ0v) is 16.5. The molecule has 2 aromatic rings. The van der Waals surface area contributed by atoms with E-state index in [9.17, 15) is 0 Å². The lowest BCUT2D eigenvalue weighted by molar-refractivity contribution is 0.164. The van der Waals surface area contributed by atoms with Crippen LogP contribution in [0.3, 0.4) is 0 Å². The first-order chi connectivity index (χ1) is 11.4. The molecule has 0 aromatic heterocycles. The minimum Gasteiger partial charge on any atom is -0.314 e. The number of benzene rings is 2. The van der Waals surface area contributed by atoms with Crippen molar-refractivity contribution >= 4 is 24.8 Å². The summed E-state index contributed by atoms with van der Waals surface area (Å²) in [6.45, 7) is 6.88. The number of piperazine rings is 1. The van der Waals surface area contributed by atoms with Gasteiger partial charge in [0.05, 0.1) is 0 Å². The van der Waals surface area contributed by atoms with Crippen LogP contribution >= 0.6 is 24.8 Å². The Morgan fingerprint density at radius 3 is 2.44 bits per heavy atom. The number of hydrogen-bond acceptors (Lipinski definition) is 2. The monoisotopic (exact) mass is 378 g/mol. The first-order valence-electron chi connectivity index (χ1n) is 9.02. The average molecular weight is 379 g/mol. The molecule has 4 rings (SSSR count). The highest BCUT2D eigenvalue weighted by Crippen LogP contribution is 2.38. The molecule has 1 saturated heterocycles. The molecule has 25 heavy (non-hydrogen) atoms. The molecule has 0 unspecified atom stereocenters. The Balaban J connectivity index is 0.00000113. The summed E-state index contributed by atoms with van der Waals surface area (Å²) in [5.41, 5.74) is 7.39. The maximum atomic E-state index is 3.48. The van der Waals surface area contributed by atoms with Gasteiger partial charge in [0.15, 0.2) is 0 Å². The first-order valence-corrected chi connectivity index (χ1v) is 9.02. The van der Waals surface area contributed by atoms with Gasteiger partial charge in [-0.1, -0.05) is 55.8 Å². The van der Waals surface area contributed by atoms with E-state index >= 15 is 0 Å². The third-order valence-electron chi connectivity index (χ3n) is 5.36. The van der Waals surface area contributed by atoms with Crippen molar-refractivity contribution in [1.29, 1.82) is 0 Å². The van der Waals surface area contributed by atoms with Gasteiger partial charge in [-0.3, -0.25) is 4.90 Å². The molecule has 136 valence electrons. The van der Waals surface area contributed by atoms with E-state index in [1.54, 1.807) is 0 Å². The van der Waals surface area contributed by atoms with Gasteiger partial charge >= 0.3 is 0 Å². The lowest BCUT2D eigenvalue weighted by Crippen LogP contribution is -2.45. The van der Waals surface area contributed by atoms with Crippen molar-refractivity contribution in [3.05, 3.63) is 59.2 Å².